The average Bonchev–Trinajstić information content (AvgIpc) is 2.83. The summed E-state index contributed by atoms with van der Waals surface area (Å²) in [5.41, 5.74) is 10.7. The van der Waals surface area contributed by atoms with Gasteiger partial charge in [-0.15, -0.1) is 0 Å². The van der Waals surface area contributed by atoms with Crippen molar-refractivity contribution in [1.82, 2.24) is 10.3 Å². The maximum atomic E-state index is 6.07. The van der Waals surface area contributed by atoms with E-state index in [-0.39, 0.29) is 0 Å². The molecule has 1 aliphatic heterocycles. The zero-order chi connectivity index (χ0) is 8.84. The molecule has 3 rings (SSSR count). The highest BCUT2D eigenvalue weighted by Crippen LogP contribution is 2.43. The third kappa shape index (κ3) is 1.04. The molecule has 0 radical (unpaired) electrons. The first-order chi connectivity index (χ1) is 6.36. The molecule has 0 saturated heterocycles. The number of fused-ring (bicyclic) bond motifs is 1. The van der Waals surface area contributed by atoms with Gasteiger partial charge >= 0.3 is 0 Å². The lowest BCUT2D eigenvalue weighted by molar-refractivity contribution is 0.765. The number of rotatable bonds is 1. The molecule has 1 aliphatic carbocycles. The molecule has 68 valence electrons. The van der Waals surface area contributed by atoms with E-state index in [1.54, 1.807) is 0 Å². The predicted octanol–water partition coefficient (Wildman–Crippen LogP) is 1.14. The van der Waals surface area contributed by atoms with Gasteiger partial charge in [0.1, 0.15) is 0 Å². The maximum absolute atomic E-state index is 6.07. The molecule has 1 aromatic rings. The fourth-order valence-corrected chi connectivity index (χ4v) is 1.99. The van der Waals surface area contributed by atoms with Crippen molar-refractivity contribution in [2.45, 2.75) is 31.8 Å². The van der Waals surface area contributed by atoms with Gasteiger partial charge in [-0.05, 0) is 24.0 Å². The molecule has 0 atom stereocenters. The molecule has 0 bridgehead atoms. The van der Waals surface area contributed by atoms with E-state index < -0.39 is 0 Å². The lowest BCUT2D eigenvalue weighted by Crippen LogP contribution is -2.03. The molecule has 3 nitrogen and oxygen atoms in total. The van der Waals surface area contributed by atoms with Crippen LogP contribution < -0.4 is 11.1 Å². The minimum absolute atomic E-state index is 0.658. The highest BCUT2D eigenvalue weighted by Gasteiger charge is 2.29. The van der Waals surface area contributed by atoms with Crippen molar-refractivity contribution in [2.75, 3.05) is 5.73 Å². The molecule has 0 aromatic carbocycles. The third-order valence-electron chi connectivity index (χ3n) is 2.93. The van der Waals surface area contributed by atoms with E-state index in [1.807, 2.05) is 6.20 Å². The summed E-state index contributed by atoms with van der Waals surface area (Å²) < 4.78 is 0. The summed E-state index contributed by atoms with van der Waals surface area (Å²) in [5.74, 6) is 0.658. The van der Waals surface area contributed by atoms with Gasteiger partial charge in [-0.2, -0.15) is 0 Å². The number of hydrogen-bond acceptors (Lipinski definition) is 3. The third-order valence-corrected chi connectivity index (χ3v) is 2.93. The summed E-state index contributed by atoms with van der Waals surface area (Å²) in [5, 5.41) is 3.30. The van der Waals surface area contributed by atoms with Crippen LogP contribution in [0.15, 0.2) is 6.20 Å². The predicted molar refractivity (Wildman–Crippen MR) is 51.2 cm³/mol. The van der Waals surface area contributed by atoms with E-state index in [0.29, 0.717) is 5.92 Å². The highest BCUT2D eigenvalue weighted by atomic mass is 14.9. The minimum atomic E-state index is 0.658. The van der Waals surface area contributed by atoms with Crippen LogP contribution in [0.3, 0.4) is 0 Å². The van der Waals surface area contributed by atoms with E-state index in [4.69, 9.17) is 5.73 Å². The zero-order valence-electron chi connectivity index (χ0n) is 7.51. The van der Waals surface area contributed by atoms with Crippen molar-refractivity contribution in [1.29, 1.82) is 0 Å². The average molecular weight is 175 g/mol. The number of pyridine rings is 1. The van der Waals surface area contributed by atoms with Gasteiger partial charge < -0.3 is 11.1 Å². The second kappa shape index (κ2) is 2.45. The molecule has 0 spiro atoms. The molecule has 13 heavy (non-hydrogen) atoms. The van der Waals surface area contributed by atoms with Crippen LogP contribution in [0.25, 0.3) is 0 Å². The fraction of sp³-hybridized carbons (Fsp3) is 0.500. The van der Waals surface area contributed by atoms with Crippen LogP contribution in [0.4, 0.5) is 5.69 Å². The maximum Gasteiger partial charge on any atom is 0.0666 e. The van der Waals surface area contributed by atoms with Crippen LogP contribution in [0, 0.1) is 0 Å². The summed E-state index contributed by atoms with van der Waals surface area (Å²) in [4.78, 5) is 4.45. The second-order valence-corrected chi connectivity index (χ2v) is 3.94. The van der Waals surface area contributed by atoms with Crippen molar-refractivity contribution in [3.63, 3.8) is 0 Å². The number of nitrogens with one attached hydrogen (secondary N) is 1. The van der Waals surface area contributed by atoms with Crippen molar-refractivity contribution in [3.8, 4) is 0 Å². The Hall–Kier alpha value is -1.09. The molecule has 1 fully saturated rings. The van der Waals surface area contributed by atoms with Crippen LogP contribution in [0.2, 0.25) is 0 Å². The van der Waals surface area contributed by atoms with E-state index in [2.05, 4.69) is 10.3 Å². The Morgan fingerprint density at radius 2 is 2.23 bits per heavy atom. The van der Waals surface area contributed by atoms with Crippen LogP contribution in [-0.4, -0.2) is 4.98 Å². The van der Waals surface area contributed by atoms with E-state index >= 15 is 0 Å². The van der Waals surface area contributed by atoms with Crippen LogP contribution in [-0.2, 0) is 13.1 Å². The number of hydrogen-bond donors (Lipinski definition) is 2. The van der Waals surface area contributed by atoms with Crippen molar-refractivity contribution in [3.05, 3.63) is 23.0 Å². The topological polar surface area (TPSA) is 50.9 Å². The summed E-state index contributed by atoms with van der Waals surface area (Å²) in [6.07, 6.45) is 4.52. The summed E-state index contributed by atoms with van der Waals surface area (Å²) in [6.45, 7) is 1.85. The number of nitrogens with two attached hydrogens (primary N) is 1. The summed E-state index contributed by atoms with van der Waals surface area (Å²) >= 11 is 0. The number of nitrogen functional groups attached to an aromatic ring is 1. The van der Waals surface area contributed by atoms with Gasteiger partial charge in [0.05, 0.1) is 11.4 Å². The standard InChI is InChI=1S/C10H13N3/c11-9-8-5-12-3-7(8)4-13-10(9)6-1-2-6/h4,6,12H,1-3,5,11H2. The lowest BCUT2D eigenvalue weighted by Gasteiger charge is -2.07. The number of anilines is 1. The normalized spacial score (nSPS) is 20.3. The minimum Gasteiger partial charge on any atom is -0.397 e. The Balaban J connectivity index is 2.13. The Kier molecular flexibility index (Phi) is 1.38. The van der Waals surface area contributed by atoms with Gasteiger partial charge in [-0.25, -0.2) is 0 Å². The van der Waals surface area contributed by atoms with Gasteiger partial charge in [0.2, 0.25) is 0 Å². The molecule has 3 N–H and O–H groups in total. The Labute approximate surface area is 77.4 Å². The number of aromatic nitrogens is 1. The Bertz CT molecular complexity index is 355. The first-order valence-corrected chi connectivity index (χ1v) is 4.83. The van der Waals surface area contributed by atoms with E-state index in [9.17, 15) is 0 Å². The molecule has 0 amide bonds. The molecule has 1 aromatic heterocycles. The second-order valence-electron chi connectivity index (χ2n) is 3.94. The van der Waals surface area contributed by atoms with Gasteiger partial charge in [0, 0.05) is 25.2 Å². The smallest absolute Gasteiger partial charge is 0.0666 e. The molecule has 3 heteroatoms. The molecule has 2 aliphatic rings. The number of nitrogens with zero attached hydrogens (tertiary/aromatic N) is 1. The van der Waals surface area contributed by atoms with Gasteiger partial charge in [-0.1, -0.05) is 0 Å². The summed E-state index contributed by atoms with van der Waals surface area (Å²) in [7, 11) is 0. The van der Waals surface area contributed by atoms with E-state index in [1.165, 1.54) is 24.0 Å². The van der Waals surface area contributed by atoms with Crippen LogP contribution in [0.5, 0.6) is 0 Å². The molecule has 1 saturated carbocycles. The zero-order valence-corrected chi connectivity index (χ0v) is 7.51. The van der Waals surface area contributed by atoms with Gasteiger partial charge in [0.25, 0.3) is 0 Å². The molecular weight excluding hydrogens is 162 g/mol. The monoisotopic (exact) mass is 175 g/mol. The van der Waals surface area contributed by atoms with Crippen LogP contribution >= 0.6 is 0 Å². The largest absolute Gasteiger partial charge is 0.397 e. The Morgan fingerprint density at radius 3 is 3.00 bits per heavy atom. The fourth-order valence-electron chi connectivity index (χ4n) is 1.99. The SMILES string of the molecule is Nc1c(C2CC2)ncc2c1CNC2. The quantitative estimate of drug-likeness (QED) is 0.673. The van der Waals surface area contributed by atoms with Gasteiger partial charge in [-0.3, -0.25) is 4.98 Å². The highest BCUT2D eigenvalue weighted by molar-refractivity contribution is 5.57. The van der Waals surface area contributed by atoms with Crippen LogP contribution in [0.1, 0.15) is 35.6 Å². The Morgan fingerprint density at radius 1 is 1.38 bits per heavy atom. The first-order valence-electron chi connectivity index (χ1n) is 4.83. The van der Waals surface area contributed by atoms with Crippen molar-refractivity contribution in [2.24, 2.45) is 0 Å². The van der Waals surface area contributed by atoms with Crippen molar-refractivity contribution < 1.29 is 0 Å². The van der Waals surface area contributed by atoms with Gasteiger partial charge in [0.15, 0.2) is 0 Å². The molecular formula is C10H13N3. The molecule has 0 unspecified atom stereocenters. The van der Waals surface area contributed by atoms with E-state index in [0.717, 1.165) is 24.5 Å². The van der Waals surface area contributed by atoms with Crippen molar-refractivity contribution >= 4 is 5.69 Å². The lowest BCUT2D eigenvalue weighted by atomic mass is 10.1. The summed E-state index contributed by atoms with van der Waals surface area (Å²) in [6, 6.07) is 0. The molecule has 2 heterocycles. The first kappa shape index (κ1) is 7.33.